The summed E-state index contributed by atoms with van der Waals surface area (Å²) >= 11 is 0. The lowest BCUT2D eigenvalue weighted by atomic mass is 10.2. The summed E-state index contributed by atoms with van der Waals surface area (Å²) in [6.07, 6.45) is 0. The molecule has 0 bridgehead atoms. The zero-order valence-corrected chi connectivity index (χ0v) is 10.5. The summed E-state index contributed by atoms with van der Waals surface area (Å²) < 4.78 is 29.9. The van der Waals surface area contributed by atoms with Crippen molar-refractivity contribution in [2.45, 2.75) is 6.92 Å². The highest BCUT2D eigenvalue weighted by Gasteiger charge is 2.18. The number of benzene rings is 1. The molecule has 8 heteroatoms. The molecular weight excluding hydrogens is 260 g/mol. The molecule has 0 aromatic heterocycles. The van der Waals surface area contributed by atoms with Crippen molar-refractivity contribution in [1.82, 2.24) is 0 Å². The van der Waals surface area contributed by atoms with Crippen molar-refractivity contribution in [2.75, 3.05) is 22.8 Å². The van der Waals surface area contributed by atoms with Crippen molar-refractivity contribution in [2.24, 2.45) is 0 Å². The molecule has 0 fully saturated rings. The maximum absolute atomic E-state index is 11.6. The molecule has 0 aliphatic heterocycles. The molecule has 1 rings (SSSR count). The van der Waals surface area contributed by atoms with E-state index in [2.05, 4.69) is 9.46 Å². The first-order chi connectivity index (χ1) is 8.34. The lowest BCUT2D eigenvalue weighted by Gasteiger charge is -2.10. The van der Waals surface area contributed by atoms with Gasteiger partial charge in [-0.15, -0.1) is 0 Å². The standard InChI is InChI=1S/C10H14N2O5S/c1-2-17-10(14)6-18(15,16)12-9-4-3-7(13)5-8(9)11/h3-5,12-13H,2,6,11H2,1H3. The van der Waals surface area contributed by atoms with Gasteiger partial charge in [-0.2, -0.15) is 0 Å². The van der Waals surface area contributed by atoms with E-state index in [0.29, 0.717) is 0 Å². The third-order valence-corrected chi connectivity index (χ3v) is 3.06. The van der Waals surface area contributed by atoms with Gasteiger partial charge in [-0.1, -0.05) is 0 Å². The van der Waals surface area contributed by atoms with E-state index in [-0.39, 0.29) is 23.7 Å². The Morgan fingerprint density at radius 2 is 2.17 bits per heavy atom. The predicted octanol–water partition coefficient (Wildman–Crippen LogP) is 0.279. The first kappa shape index (κ1) is 14.1. The van der Waals surface area contributed by atoms with Crippen LogP contribution in [0, 0.1) is 0 Å². The normalized spacial score (nSPS) is 10.9. The fourth-order valence-electron chi connectivity index (χ4n) is 1.20. The monoisotopic (exact) mass is 274 g/mol. The highest BCUT2D eigenvalue weighted by atomic mass is 32.2. The lowest BCUT2D eigenvalue weighted by molar-refractivity contribution is -0.139. The van der Waals surface area contributed by atoms with Crippen LogP contribution in [-0.2, 0) is 19.6 Å². The van der Waals surface area contributed by atoms with E-state index in [1.165, 1.54) is 18.2 Å². The number of nitrogens with two attached hydrogens (primary N) is 1. The van der Waals surface area contributed by atoms with Crippen molar-refractivity contribution in [3.05, 3.63) is 18.2 Å². The number of nitrogen functional groups attached to an aromatic ring is 1. The number of phenolic OH excluding ortho intramolecular Hbond substituents is 1. The number of anilines is 2. The maximum atomic E-state index is 11.6. The van der Waals surface area contributed by atoms with Crippen molar-refractivity contribution in [1.29, 1.82) is 0 Å². The summed E-state index contributed by atoms with van der Waals surface area (Å²) in [7, 11) is -3.88. The van der Waals surface area contributed by atoms with Gasteiger partial charge in [0.15, 0.2) is 5.75 Å². The van der Waals surface area contributed by atoms with Crippen LogP contribution in [-0.4, -0.2) is 31.9 Å². The molecule has 0 radical (unpaired) electrons. The SMILES string of the molecule is CCOC(=O)CS(=O)(=O)Nc1ccc(O)cc1N. The molecule has 7 nitrogen and oxygen atoms in total. The Balaban J connectivity index is 2.79. The molecule has 0 saturated carbocycles. The fourth-order valence-corrected chi connectivity index (χ4v) is 2.19. The van der Waals surface area contributed by atoms with Gasteiger partial charge in [0.05, 0.1) is 18.0 Å². The minimum atomic E-state index is -3.88. The lowest BCUT2D eigenvalue weighted by Crippen LogP contribution is -2.24. The first-order valence-corrected chi connectivity index (χ1v) is 6.74. The second-order valence-corrected chi connectivity index (χ2v) is 5.16. The highest BCUT2D eigenvalue weighted by molar-refractivity contribution is 7.93. The summed E-state index contributed by atoms with van der Waals surface area (Å²) in [4.78, 5) is 11.1. The average Bonchev–Trinajstić information content (AvgIpc) is 2.21. The third kappa shape index (κ3) is 4.13. The zero-order valence-electron chi connectivity index (χ0n) is 9.71. The predicted molar refractivity (Wildman–Crippen MR) is 66.6 cm³/mol. The third-order valence-electron chi connectivity index (χ3n) is 1.91. The Hall–Kier alpha value is -1.96. The van der Waals surface area contributed by atoms with Crippen LogP contribution in [0.25, 0.3) is 0 Å². The largest absolute Gasteiger partial charge is 0.508 e. The average molecular weight is 274 g/mol. The van der Waals surface area contributed by atoms with Gasteiger partial charge < -0.3 is 15.6 Å². The Kier molecular flexibility index (Phi) is 4.38. The molecule has 0 saturated heterocycles. The molecule has 18 heavy (non-hydrogen) atoms. The molecule has 0 atom stereocenters. The van der Waals surface area contributed by atoms with Crippen LogP contribution in [0.3, 0.4) is 0 Å². The molecule has 0 spiro atoms. The molecule has 1 aromatic carbocycles. The number of nitrogens with one attached hydrogen (secondary N) is 1. The molecule has 0 aliphatic rings. The molecular formula is C10H14N2O5S. The molecule has 100 valence electrons. The molecule has 0 unspecified atom stereocenters. The van der Waals surface area contributed by atoms with Crippen molar-refractivity contribution < 1.29 is 23.1 Å². The number of rotatable bonds is 5. The Morgan fingerprint density at radius 3 is 2.72 bits per heavy atom. The van der Waals surface area contributed by atoms with Crippen molar-refractivity contribution in [3.63, 3.8) is 0 Å². The Bertz CT molecular complexity index is 541. The van der Waals surface area contributed by atoms with Crippen LogP contribution < -0.4 is 10.5 Å². The second kappa shape index (κ2) is 5.58. The number of hydrogen-bond donors (Lipinski definition) is 3. The highest BCUT2D eigenvalue weighted by Crippen LogP contribution is 2.24. The number of hydrogen-bond acceptors (Lipinski definition) is 6. The number of esters is 1. The van der Waals surface area contributed by atoms with Gasteiger partial charge in [-0.05, 0) is 19.1 Å². The zero-order chi connectivity index (χ0) is 13.8. The van der Waals surface area contributed by atoms with Gasteiger partial charge in [0.2, 0.25) is 10.0 Å². The van der Waals surface area contributed by atoms with Gasteiger partial charge in [0.1, 0.15) is 5.75 Å². The van der Waals surface area contributed by atoms with Gasteiger partial charge >= 0.3 is 5.97 Å². The molecule has 0 heterocycles. The molecule has 4 N–H and O–H groups in total. The number of ether oxygens (including phenoxy) is 1. The van der Waals surface area contributed by atoms with Crippen LogP contribution in [0.15, 0.2) is 18.2 Å². The van der Waals surface area contributed by atoms with Crippen LogP contribution in [0.5, 0.6) is 5.75 Å². The maximum Gasteiger partial charge on any atom is 0.323 e. The van der Waals surface area contributed by atoms with Gasteiger partial charge in [-0.25, -0.2) is 8.42 Å². The minimum Gasteiger partial charge on any atom is -0.508 e. The smallest absolute Gasteiger partial charge is 0.323 e. The summed E-state index contributed by atoms with van der Waals surface area (Å²) in [5, 5.41) is 9.12. The summed E-state index contributed by atoms with van der Waals surface area (Å²) in [5.74, 6) is -1.72. The quantitative estimate of drug-likeness (QED) is 0.403. The number of carbonyl (C=O) groups excluding carboxylic acids is 1. The van der Waals surface area contributed by atoms with Gasteiger partial charge in [0, 0.05) is 6.07 Å². The van der Waals surface area contributed by atoms with E-state index in [1.54, 1.807) is 6.92 Å². The van der Waals surface area contributed by atoms with E-state index in [4.69, 9.17) is 10.8 Å². The topological polar surface area (TPSA) is 119 Å². The first-order valence-electron chi connectivity index (χ1n) is 5.08. The van der Waals surface area contributed by atoms with E-state index in [9.17, 15) is 13.2 Å². The van der Waals surface area contributed by atoms with E-state index in [0.717, 1.165) is 0 Å². The fraction of sp³-hybridized carbons (Fsp3) is 0.300. The van der Waals surface area contributed by atoms with Gasteiger partial charge in [0.25, 0.3) is 0 Å². The second-order valence-electron chi connectivity index (χ2n) is 3.44. The van der Waals surface area contributed by atoms with Crippen molar-refractivity contribution in [3.8, 4) is 5.75 Å². The number of aromatic hydroxyl groups is 1. The molecule has 1 aromatic rings. The van der Waals surface area contributed by atoms with Crippen molar-refractivity contribution >= 4 is 27.4 Å². The number of carbonyl (C=O) groups is 1. The minimum absolute atomic E-state index is 0.0578. The van der Waals surface area contributed by atoms with E-state index < -0.39 is 21.7 Å². The number of sulfonamides is 1. The van der Waals surface area contributed by atoms with Crippen LogP contribution >= 0.6 is 0 Å². The molecule has 0 aliphatic carbocycles. The Labute approximate surface area is 105 Å². The molecule has 0 amide bonds. The van der Waals surface area contributed by atoms with Crippen LogP contribution in [0.2, 0.25) is 0 Å². The van der Waals surface area contributed by atoms with Crippen LogP contribution in [0.1, 0.15) is 6.92 Å². The van der Waals surface area contributed by atoms with E-state index >= 15 is 0 Å². The summed E-state index contributed by atoms with van der Waals surface area (Å²) in [6.45, 7) is 1.69. The summed E-state index contributed by atoms with van der Waals surface area (Å²) in [6, 6.07) is 3.77. The summed E-state index contributed by atoms with van der Waals surface area (Å²) in [5.41, 5.74) is 5.67. The van der Waals surface area contributed by atoms with Crippen LogP contribution in [0.4, 0.5) is 11.4 Å². The number of phenols is 1. The Morgan fingerprint density at radius 1 is 1.50 bits per heavy atom. The van der Waals surface area contributed by atoms with Gasteiger partial charge in [-0.3, -0.25) is 9.52 Å². The van der Waals surface area contributed by atoms with E-state index in [1.807, 2.05) is 0 Å².